The molecule has 0 spiro atoms. The molecule has 3 aliphatic carbocycles. The second-order valence-electron chi connectivity index (χ2n) is 15.9. The van der Waals surface area contributed by atoms with Crippen LogP contribution in [0, 0.1) is 17.3 Å². The number of carbonyl (C=O) groups is 2. The molecule has 266 valence electrons. The van der Waals surface area contributed by atoms with E-state index >= 15 is 0 Å². The lowest BCUT2D eigenvalue weighted by atomic mass is 9.43. The summed E-state index contributed by atoms with van der Waals surface area (Å²) in [6.07, 6.45) is -0.718. The van der Waals surface area contributed by atoms with Gasteiger partial charge in [-0.3, -0.25) is 19.0 Å². The van der Waals surface area contributed by atoms with Crippen molar-refractivity contribution in [2.24, 2.45) is 17.3 Å². The molecular weight excluding hydrogens is 640 g/mol. The van der Waals surface area contributed by atoms with E-state index in [-0.39, 0.29) is 42.4 Å². The SMILES string of the molecule is CC[C@H](NC(=O)[C@@H]1CC(CC(=O)OC(C)(C)C)c2ncc(NCc3cccc(C(F)(F)F)c3)c(=O)n21)B1O[C@@H]2C[C@@H]3C[C@@H](C3(C)C)[C@]2(C)O1. The van der Waals surface area contributed by atoms with Gasteiger partial charge < -0.3 is 24.7 Å². The summed E-state index contributed by atoms with van der Waals surface area (Å²) in [6, 6.07) is 3.81. The number of fused-ring (bicyclic) bond motifs is 1. The Kier molecular flexibility index (Phi) is 8.99. The van der Waals surface area contributed by atoms with Gasteiger partial charge in [0, 0.05) is 12.5 Å². The topological polar surface area (TPSA) is 121 Å². The van der Waals surface area contributed by atoms with Gasteiger partial charge in [0.15, 0.2) is 0 Å². The molecule has 3 saturated carbocycles. The van der Waals surface area contributed by atoms with E-state index in [9.17, 15) is 27.6 Å². The molecule has 2 N–H and O–H groups in total. The molecule has 2 aromatic rings. The highest BCUT2D eigenvalue weighted by Gasteiger charge is 2.68. The second-order valence-corrected chi connectivity index (χ2v) is 15.9. The number of hydrogen-bond acceptors (Lipinski definition) is 8. The van der Waals surface area contributed by atoms with Crippen LogP contribution in [0.25, 0.3) is 0 Å². The number of alkyl halides is 3. The summed E-state index contributed by atoms with van der Waals surface area (Å²) in [5, 5.41) is 5.99. The number of ether oxygens (including phenoxy) is 1. The van der Waals surface area contributed by atoms with E-state index < -0.39 is 65.4 Å². The van der Waals surface area contributed by atoms with E-state index in [0.29, 0.717) is 23.8 Å². The zero-order valence-electron chi connectivity index (χ0n) is 29.1. The van der Waals surface area contributed by atoms with Crippen LogP contribution in [0.4, 0.5) is 18.9 Å². The van der Waals surface area contributed by atoms with E-state index in [1.165, 1.54) is 22.9 Å². The van der Waals surface area contributed by atoms with Crippen LogP contribution >= 0.6 is 0 Å². The zero-order chi connectivity index (χ0) is 35.7. The predicted molar refractivity (Wildman–Crippen MR) is 176 cm³/mol. The summed E-state index contributed by atoms with van der Waals surface area (Å²) in [5.41, 5.74) is -2.06. The molecule has 1 amide bonds. The van der Waals surface area contributed by atoms with Crippen LogP contribution in [0.5, 0.6) is 0 Å². The van der Waals surface area contributed by atoms with Crippen LogP contribution in [0.15, 0.2) is 35.3 Å². The fourth-order valence-corrected chi connectivity index (χ4v) is 8.44. The third-order valence-electron chi connectivity index (χ3n) is 11.1. The summed E-state index contributed by atoms with van der Waals surface area (Å²) >= 11 is 0. The first-order valence-electron chi connectivity index (χ1n) is 17.2. The van der Waals surface area contributed by atoms with Gasteiger partial charge in [0.25, 0.3) is 5.56 Å². The summed E-state index contributed by atoms with van der Waals surface area (Å²) in [4.78, 5) is 45.4. The fraction of sp³-hybridized carbons (Fsp3) is 0.657. The van der Waals surface area contributed by atoms with Gasteiger partial charge in [0.1, 0.15) is 23.2 Å². The number of aromatic nitrogens is 2. The van der Waals surface area contributed by atoms with Crippen molar-refractivity contribution in [2.75, 3.05) is 5.32 Å². The smallest absolute Gasteiger partial charge is 0.460 e. The van der Waals surface area contributed by atoms with E-state index in [1.54, 1.807) is 20.8 Å². The minimum atomic E-state index is -4.51. The van der Waals surface area contributed by atoms with Crippen LogP contribution in [0.2, 0.25) is 0 Å². The molecule has 3 heterocycles. The average molecular weight is 687 g/mol. The molecule has 0 radical (unpaired) electrons. The molecular formula is C35H46BF3N4O6. The maximum atomic E-state index is 14.1. The maximum absolute atomic E-state index is 14.1. The second kappa shape index (κ2) is 12.4. The molecule has 7 atom stereocenters. The first-order chi connectivity index (χ1) is 22.8. The highest BCUT2D eigenvalue weighted by atomic mass is 19.4. The number of hydrogen-bond donors (Lipinski definition) is 2. The van der Waals surface area contributed by atoms with E-state index in [1.807, 2.05) is 6.92 Å². The molecule has 49 heavy (non-hydrogen) atoms. The van der Waals surface area contributed by atoms with Gasteiger partial charge in [0.2, 0.25) is 5.91 Å². The van der Waals surface area contributed by atoms with Crippen LogP contribution < -0.4 is 16.2 Å². The fourth-order valence-electron chi connectivity index (χ4n) is 8.44. The van der Waals surface area contributed by atoms with E-state index in [4.69, 9.17) is 14.0 Å². The molecule has 10 nitrogen and oxygen atoms in total. The number of esters is 1. The Balaban J connectivity index is 1.23. The molecule has 5 aliphatic rings. The Morgan fingerprint density at radius 1 is 1.16 bits per heavy atom. The van der Waals surface area contributed by atoms with Gasteiger partial charge >= 0.3 is 19.3 Å². The van der Waals surface area contributed by atoms with Gasteiger partial charge in [-0.25, -0.2) is 4.98 Å². The van der Waals surface area contributed by atoms with Crippen molar-refractivity contribution >= 4 is 24.7 Å². The maximum Gasteiger partial charge on any atom is 0.481 e. The molecule has 4 fully saturated rings. The molecule has 1 unspecified atom stereocenters. The third kappa shape index (κ3) is 6.62. The number of nitrogens with zero attached hydrogens (tertiary/aromatic N) is 2. The van der Waals surface area contributed by atoms with Crippen molar-refractivity contribution in [2.45, 2.75) is 128 Å². The summed E-state index contributed by atoms with van der Waals surface area (Å²) < 4.78 is 59.7. The highest BCUT2D eigenvalue weighted by Crippen LogP contribution is 2.65. The number of halogens is 3. The van der Waals surface area contributed by atoms with Crippen molar-refractivity contribution in [1.82, 2.24) is 14.9 Å². The Hall–Kier alpha value is -3.39. The zero-order valence-corrected chi connectivity index (χ0v) is 29.1. The van der Waals surface area contributed by atoms with Gasteiger partial charge in [-0.1, -0.05) is 32.9 Å². The van der Waals surface area contributed by atoms with Crippen LogP contribution in [0.3, 0.4) is 0 Å². The molecule has 1 aromatic carbocycles. The highest BCUT2D eigenvalue weighted by molar-refractivity contribution is 6.47. The van der Waals surface area contributed by atoms with Crippen LogP contribution in [0.1, 0.15) is 109 Å². The molecule has 2 bridgehead atoms. The Labute approximate surface area is 285 Å². The monoisotopic (exact) mass is 686 g/mol. The van der Waals surface area contributed by atoms with E-state index in [0.717, 1.165) is 25.0 Å². The average Bonchev–Trinajstić information content (AvgIpc) is 3.56. The van der Waals surface area contributed by atoms with Crippen molar-refractivity contribution in [3.63, 3.8) is 0 Å². The van der Waals surface area contributed by atoms with Gasteiger partial charge in [-0.05, 0) is 88.3 Å². The van der Waals surface area contributed by atoms with Crippen molar-refractivity contribution in [1.29, 1.82) is 0 Å². The predicted octanol–water partition coefficient (Wildman–Crippen LogP) is 5.80. The molecule has 14 heteroatoms. The minimum Gasteiger partial charge on any atom is -0.460 e. The van der Waals surface area contributed by atoms with E-state index in [2.05, 4.69) is 36.4 Å². The lowest BCUT2D eigenvalue weighted by Crippen LogP contribution is -2.65. The number of benzene rings is 1. The minimum absolute atomic E-state index is 0.0185. The van der Waals surface area contributed by atoms with Crippen molar-refractivity contribution < 1.29 is 36.8 Å². The number of nitrogens with one attached hydrogen (secondary N) is 2. The van der Waals surface area contributed by atoms with Crippen LogP contribution in [-0.2, 0) is 36.4 Å². The quantitative estimate of drug-likeness (QED) is 0.251. The Bertz CT molecular complexity index is 1680. The standard InChI is InChI=1S/C35H46BF3N4O6/c1-8-27(36-48-26-16-22-15-25(33(22,5)6)34(26,7)49-36)42-30(45)24-13-20(14-28(44)47-32(2,3)4)29-41-18-23(31(46)43(24)29)40-17-19-10-9-11-21(12-19)35(37,38)39/h9-12,18,20,22,24-27,40H,8,13-17H2,1-7H3,(H,42,45)/t20?,22-,24-,25-,26+,27-,34-/m0/s1. The summed E-state index contributed by atoms with van der Waals surface area (Å²) in [7, 11) is -0.659. The molecule has 2 aliphatic heterocycles. The Morgan fingerprint density at radius 2 is 1.90 bits per heavy atom. The first-order valence-corrected chi connectivity index (χ1v) is 17.2. The third-order valence-corrected chi connectivity index (χ3v) is 11.1. The lowest BCUT2D eigenvalue weighted by Gasteiger charge is -2.64. The molecule has 1 aromatic heterocycles. The molecule has 7 rings (SSSR count). The normalized spacial score (nSPS) is 29.0. The summed E-state index contributed by atoms with van der Waals surface area (Å²) in [5.74, 6) is -0.801. The summed E-state index contributed by atoms with van der Waals surface area (Å²) in [6.45, 7) is 13.8. The van der Waals surface area contributed by atoms with Crippen molar-refractivity contribution in [3.8, 4) is 0 Å². The molecule has 1 saturated heterocycles. The largest absolute Gasteiger partial charge is 0.481 e. The van der Waals surface area contributed by atoms with Gasteiger partial charge in [-0.15, -0.1) is 0 Å². The van der Waals surface area contributed by atoms with Gasteiger partial charge in [-0.2, -0.15) is 13.2 Å². The lowest BCUT2D eigenvalue weighted by molar-refractivity contribution is -0.199. The number of carbonyl (C=O) groups excluding carboxylic acids is 2. The van der Waals surface area contributed by atoms with Crippen molar-refractivity contribution in [3.05, 3.63) is 57.8 Å². The first kappa shape index (κ1) is 35.4. The number of amides is 1. The van der Waals surface area contributed by atoms with Crippen LogP contribution in [-0.4, -0.2) is 51.8 Å². The van der Waals surface area contributed by atoms with Gasteiger partial charge in [0.05, 0.1) is 35.8 Å². The Morgan fingerprint density at radius 3 is 2.55 bits per heavy atom. The number of anilines is 1. The number of rotatable bonds is 9.